The Morgan fingerprint density at radius 3 is 2.76 bits per heavy atom. The first-order valence-electron chi connectivity index (χ1n) is 8.41. The van der Waals surface area contributed by atoms with Gasteiger partial charge in [0.1, 0.15) is 11.6 Å². The SMILES string of the molecule is Cc1noc(C)c1CCC(=O)NCCNc1ccc2ccccc2n1. The second-order valence-corrected chi connectivity index (χ2v) is 5.97. The minimum Gasteiger partial charge on any atom is -0.368 e. The first kappa shape index (κ1) is 17.0. The number of pyridine rings is 1. The van der Waals surface area contributed by atoms with E-state index in [1.165, 1.54) is 0 Å². The van der Waals surface area contributed by atoms with Crippen molar-refractivity contribution in [2.45, 2.75) is 26.7 Å². The van der Waals surface area contributed by atoms with Gasteiger partial charge in [-0.2, -0.15) is 0 Å². The summed E-state index contributed by atoms with van der Waals surface area (Å²) in [5, 5.41) is 11.2. The Morgan fingerprint density at radius 1 is 1.12 bits per heavy atom. The molecule has 2 aromatic heterocycles. The lowest BCUT2D eigenvalue weighted by Gasteiger charge is -2.08. The molecule has 0 unspecified atom stereocenters. The van der Waals surface area contributed by atoms with Crippen LogP contribution in [0.5, 0.6) is 0 Å². The van der Waals surface area contributed by atoms with Crippen molar-refractivity contribution < 1.29 is 9.32 Å². The van der Waals surface area contributed by atoms with E-state index in [4.69, 9.17) is 4.52 Å². The molecule has 25 heavy (non-hydrogen) atoms. The van der Waals surface area contributed by atoms with E-state index in [9.17, 15) is 4.79 Å². The molecule has 2 N–H and O–H groups in total. The number of anilines is 1. The fourth-order valence-corrected chi connectivity index (χ4v) is 2.74. The van der Waals surface area contributed by atoms with Crippen LogP contribution in [0.15, 0.2) is 40.9 Å². The molecular weight excluding hydrogens is 316 g/mol. The summed E-state index contributed by atoms with van der Waals surface area (Å²) in [4.78, 5) is 16.5. The number of nitrogens with zero attached hydrogens (tertiary/aromatic N) is 2. The molecule has 3 aromatic rings. The molecule has 0 spiro atoms. The number of fused-ring (bicyclic) bond motifs is 1. The summed E-state index contributed by atoms with van der Waals surface area (Å²) in [6, 6.07) is 12.0. The summed E-state index contributed by atoms with van der Waals surface area (Å²) in [5.41, 5.74) is 2.83. The minimum absolute atomic E-state index is 0.0215. The lowest BCUT2D eigenvalue weighted by molar-refractivity contribution is -0.120. The van der Waals surface area contributed by atoms with Crippen molar-refractivity contribution in [2.24, 2.45) is 0 Å². The molecule has 2 heterocycles. The Morgan fingerprint density at radius 2 is 1.96 bits per heavy atom. The molecule has 0 atom stereocenters. The summed E-state index contributed by atoms with van der Waals surface area (Å²) in [6.07, 6.45) is 1.07. The average Bonchev–Trinajstić information content (AvgIpc) is 2.95. The Labute approximate surface area is 146 Å². The van der Waals surface area contributed by atoms with Gasteiger partial charge in [-0.15, -0.1) is 0 Å². The van der Waals surface area contributed by atoms with Crippen molar-refractivity contribution in [1.29, 1.82) is 0 Å². The largest absolute Gasteiger partial charge is 0.368 e. The summed E-state index contributed by atoms with van der Waals surface area (Å²) in [7, 11) is 0. The van der Waals surface area contributed by atoms with Crippen LogP contribution in [0.2, 0.25) is 0 Å². The zero-order chi connectivity index (χ0) is 17.6. The maximum Gasteiger partial charge on any atom is 0.220 e. The number of carbonyl (C=O) groups excluding carboxylic acids is 1. The lowest BCUT2D eigenvalue weighted by atomic mass is 10.1. The number of para-hydroxylation sites is 1. The highest BCUT2D eigenvalue weighted by atomic mass is 16.5. The predicted octanol–water partition coefficient (Wildman–Crippen LogP) is 3.00. The number of hydrogen-bond acceptors (Lipinski definition) is 5. The van der Waals surface area contributed by atoms with Crippen LogP contribution in [-0.2, 0) is 11.2 Å². The third kappa shape index (κ3) is 4.35. The van der Waals surface area contributed by atoms with Crippen LogP contribution in [-0.4, -0.2) is 29.1 Å². The standard InChI is InChI=1S/C19H22N4O2/c1-13-16(14(2)25-23-13)8-10-19(24)21-12-11-20-18-9-7-15-5-3-4-6-17(15)22-18/h3-7,9H,8,10-12H2,1-2H3,(H,20,22)(H,21,24). The molecule has 3 rings (SSSR count). The molecule has 6 heteroatoms. The van der Waals surface area contributed by atoms with Gasteiger partial charge in [-0.1, -0.05) is 23.4 Å². The molecule has 0 saturated heterocycles. The summed E-state index contributed by atoms with van der Waals surface area (Å²) >= 11 is 0. The zero-order valence-corrected chi connectivity index (χ0v) is 14.5. The average molecular weight is 338 g/mol. The molecule has 1 aromatic carbocycles. The van der Waals surface area contributed by atoms with Crippen molar-refractivity contribution >= 4 is 22.6 Å². The van der Waals surface area contributed by atoms with E-state index in [1.54, 1.807) is 0 Å². The van der Waals surface area contributed by atoms with Gasteiger partial charge in [0.2, 0.25) is 5.91 Å². The van der Waals surface area contributed by atoms with Gasteiger partial charge >= 0.3 is 0 Å². The van der Waals surface area contributed by atoms with Crippen LogP contribution in [0.4, 0.5) is 5.82 Å². The van der Waals surface area contributed by atoms with E-state index < -0.39 is 0 Å². The quantitative estimate of drug-likeness (QED) is 0.647. The summed E-state index contributed by atoms with van der Waals surface area (Å²) in [5.74, 6) is 1.62. The Balaban J connectivity index is 1.41. The van der Waals surface area contributed by atoms with E-state index in [2.05, 4.69) is 20.8 Å². The first-order chi connectivity index (χ1) is 12.1. The maximum absolute atomic E-state index is 11.9. The van der Waals surface area contributed by atoms with Gasteiger partial charge in [-0.25, -0.2) is 4.98 Å². The highest BCUT2D eigenvalue weighted by molar-refractivity contribution is 5.80. The van der Waals surface area contributed by atoms with Crippen molar-refractivity contribution in [3.8, 4) is 0 Å². The molecular formula is C19H22N4O2. The number of aryl methyl sites for hydroxylation is 2. The van der Waals surface area contributed by atoms with E-state index >= 15 is 0 Å². The number of benzene rings is 1. The Bertz CT molecular complexity index is 853. The van der Waals surface area contributed by atoms with Gasteiger partial charge in [-0.05, 0) is 38.5 Å². The fourth-order valence-electron chi connectivity index (χ4n) is 2.74. The monoisotopic (exact) mass is 338 g/mol. The Kier molecular flexibility index (Phi) is 5.28. The van der Waals surface area contributed by atoms with Crippen molar-refractivity contribution in [1.82, 2.24) is 15.5 Å². The van der Waals surface area contributed by atoms with Crippen LogP contribution in [0.25, 0.3) is 10.9 Å². The van der Waals surface area contributed by atoms with Crippen LogP contribution < -0.4 is 10.6 Å². The van der Waals surface area contributed by atoms with Gasteiger partial charge in [0.25, 0.3) is 0 Å². The maximum atomic E-state index is 11.9. The third-order valence-corrected chi connectivity index (χ3v) is 4.13. The van der Waals surface area contributed by atoms with Crippen molar-refractivity contribution in [2.75, 3.05) is 18.4 Å². The Hall–Kier alpha value is -2.89. The number of nitrogens with one attached hydrogen (secondary N) is 2. The molecule has 0 aliphatic rings. The molecule has 0 radical (unpaired) electrons. The smallest absolute Gasteiger partial charge is 0.220 e. The van der Waals surface area contributed by atoms with Gasteiger partial charge in [0.05, 0.1) is 11.2 Å². The number of amides is 1. The first-order valence-corrected chi connectivity index (χ1v) is 8.41. The highest BCUT2D eigenvalue weighted by Gasteiger charge is 2.10. The van der Waals surface area contributed by atoms with Gasteiger partial charge in [-0.3, -0.25) is 4.79 Å². The van der Waals surface area contributed by atoms with E-state index in [0.29, 0.717) is 25.9 Å². The summed E-state index contributed by atoms with van der Waals surface area (Å²) < 4.78 is 5.11. The van der Waals surface area contributed by atoms with E-state index in [1.807, 2.05) is 50.2 Å². The molecule has 0 bridgehead atoms. The molecule has 0 aliphatic heterocycles. The predicted molar refractivity (Wildman–Crippen MR) is 97.5 cm³/mol. The molecule has 0 fully saturated rings. The van der Waals surface area contributed by atoms with Crippen LogP contribution in [0.3, 0.4) is 0 Å². The number of hydrogen-bond donors (Lipinski definition) is 2. The molecule has 0 saturated carbocycles. The number of rotatable bonds is 7. The van der Waals surface area contributed by atoms with Gasteiger partial charge < -0.3 is 15.2 Å². The van der Waals surface area contributed by atoms with E-state index in [-0.39, 0.29) is 5.91 Å². The van der Waals surface area contributed by atoms with E-state index in [0.717, 1.165) is 33.7 Å². The summed E-state index contributed by atoms with van der Waals surface area (Å²) in [6.45, 7) is 4.94. The van der Waals surface area contributed by atoms with Crippen molar-refractivity contribution in [3.05, 3.63) is 53.4 Å². The van der Waals surface area contributed by atoms with Crippen molar-refractivity contribution in [3.63, 3.8) is 0 Å². The second-order valence-electron chi connectivity index (χ2n) is 5.97. The van der Waals surface area contributed by atoms with Gasteiger partial charge in [0, 0.05) is 30.5 Å². The molecule has 6 nitrogen and oxygen atoms in total. The second kappa shape index (κ2) is 7.79. The van der Waals surface area contributed by atoms with Crippen LogP contribution in [0, 0.1) is 13.8 Å². The fraction of sp³-hybridized carbons (Fsp3) is 0.316. The third-order valence-electron chi connectivity index (χ3n) is 4.13. The molecule has 0 aliphatic carbocycles. The lowest BCUT2D eigenvalue weighted by Crippen LogP contribution is -2.29. The van der Waals surface area contributed by atoms with Crippen LogP contribution >= 0.6 is 0 Å². The number of aromatic nitrogens is 2. The zero-order valence-electron chi connectivity index (χ0n) is 14.5. The number of carbonyl (C=O) groups is 1. The van der Waals surface area contributed by atoms with Crippen LogP contribution in [0.1, 0.15) is 23.4 Å². The molecule has 130 valence electrons. The topological polar surface area (TPSA) is 80.0 Å². The highest BCUT2D eigenvalue weighted by Crippen LogP contribution is 2.15. The van der Waals surface area contributed by atoms with Gasteiger partial charge in [0.15, 0.2) is 0 Å². The minimum atomic E-state index is 0.0215. The molecule has 1 amide bonds. The normalized spacial score (nSPS) is 10.8.